The molecule has 0 aliphatic carbocycles. The highest BCUT2D eigenvalue weighted by molar-refractivity contribution is 5.97. The molecular formula is C34H44N8O2. The number of nitrogens with one attached hydrogen (secondary N) is 1. The van der Waals surface area contributed by atoms with Gasteiger partial charge in [0.05, 0.1) is 14.2 Å². The Morgan fingerprint density at radius 3 is 2.39 bits per heavy atom. The number of pyridine rings is 1. The van der Waals surface area contributed by atoms with E-state index in [0.29, 0.717) is 30.0 Å². The molecule has 0 spiro atoms. The molecule has 1 fully saturated rings. The summed E-state index contributed by atoms with van der Waals surface area (Å²) in [7, 11) is 3.44. The molecule has 1 saturated heterocycles. The number of hydrogen-bond donors (Lipinski definition) is 1. The molecule has 1 aliphatic rings. The third-order valence-electron chi connectivity index (χ3n) is 8.83. The van der Waals surface area contributed by atoms with Gasteiger partial charge in [-0.2, -0.15) is 4.80 Å². The Hall–Kier alpha value is -4.31. The van der Waals surface area contributed by atoms with Crippen molar-refractivity contribution < 1.29 is 9.53 Å². The molecule has 0 radical (unpaired) electrons. The Balaban J connectivity index is 1.16. The number of likely N-dealkylation sites (tertiary alicyclic amines) is 1. The van der Waals surface area contributed by atoms with Gasteiger partial charge in [0.1, 0.15) is 5.75 Å². The predicted molar refractivity (Wildman–Crippen MR) is 173 cm³/mol. The van der Waals surface area contributed by atoms with Crippen LogP contribution in [0.4, 0.5) is 5.69 Å². The molecule has 0 bridgehead atoms. The number of anilines is 1. The number of carbonyl (C=O) groups is 1. The lowest BCUT2D eigenvalue weighted by atomic mass is 9.98. The summed E-state index contributed by atoms with van der Waals surface area (Å²) in [5.74, 6) is 1.39. The van der Waals surface area contributed by atoms with Gasteiger partial charge in [0, 0.05) is 67.5 Å². The normalized spacial score (nSPS) is 14.8. The fraction of sp³-hybridized carbons (Fsp3) is 0.441. The molecule has 3 heterocycles. The molecule has 232 valence electrons. The van der Waals surface area contributed by atoms with Gasteiger partial charge in [-0.05, 0) is 117 Å². The number of ether oxygens (including phenoxy) is 1. The fourth-order valence-corrected chi connectivity index (χ4v) is 6.20. The summed E-state index contributed by atoms with van der Waals surface area (Å²) < 4.78 is 5.41. The number of amides is 1. The second-order valence-electron chi connectivity index (χ2n) is 11.9. The van der Waals surface area contributed by atoms with E-state index in [0.717, 1.165) is 61.3 Å². The Bertz CT molecular complexity index is 1540. The summed E-state index contributed by atoms with van der Waals surface area (Å²) in [4.78, 5) is 24.1. The van der Waals surface area contributed by atoms with Gasteiger partial charge in [0.15, 0.2) is 0 Å². The summed E-state index contributed by atoms with van der Waals surface area (Å²) in [6.45, 7) is 11.8. The number of carbonyl (C=O) groups excluding carboxylic acids is 1. The smallest absolute Gasteiger partial charge is 0.251 e. The topological polar surface area (TPSA) is 101 Å². The first-order chi connectivity index (χ1) is 21.2. The molecule has 4 aromatic rings. The van der Waals surface area contributed by atoms with Crippen LogP contribution in [0.15, 0.2) is 54.9 Å². The van der Waals surface area contributed by atoms with Crippen LogP contribution in [0.3, 0.4) is 0 Å². The number of tetrazole rings is 1. The van der Waals surface area contributed by atoms with Gasteiger partial charge in [0.2, 0.25) is 5.82 Å². The van der Waals surface area contributed by atoms with E-state index in [1.165, 1.54) is 21.6 Å². The van der Waals surface area contributed by atoms with Gasteiger partial charge in [0.25, 0.3) is 5.91 Å². The van der Waals surface area contributed by atoms with Crippen molar-refractivity contribution >= 4 is 11.6 Å². The van der Waals surface area contributed by atoms with Crippen molar-refractivity contribution in [1.29, 1.82) is 0 Å². The van der Waals surface area contributed by atoms with Crippen molar-refractivity contribution in [2.24, 2.45) is 7.05 Å². The first kappa shape index (κ1) is 31.1. The lowest BCUT2D eigenvalue weighted by Crippen LogP contribution is -2.48. The summed E-state index contributed by atoms with van der Waals surface area (Å²) in [6, 6.07) is 15.2. The first-order valence-electron chi connectivity index (χ1n) is 15.4. The largest absolute Gasteiger partial charge is 0.497 e. The highest BCUT2D eigenvalue weighted by atomic mass is 16.5. The average Bonchev–Trinajstić information content (AvgIpc) is 3.46. The molecule has 2 aromatic heterocycles. The second kappa shape index (κ2) is 14.0. The van der Waals surface area contributed by atoms with Gasteiger partial charge in [-0.25, -0.2) is 0 Å². The van der Waals surface area contributed by atoms with Crippen molar-refractivity contribution in [3.05, 3.63) is 82.7 Å². The molecule has 1 N–H and O–H groups in total. The summed E-state index contributed by atoms with van der Waals surface area (Å²) in [5.41, 5.74) is 7.10. The minimum absolute atomic E-state index is 0.0367. The zero-order valence-electron chi connectivity index (χ0n) is 26.7. The molecule has 5 rings (SSSR count). The van der Waals surface area contributed by atoms with Crippen LogP contribution in [0.1, 0.15) is 58.8 Å². The number of rotatable bonds is 11. The minimum Gasteiger partial charge on any atom is -0.497 e. The Morgan fingerprint density at radius 2 is 1.77 bits per heavy atom. The quantitative estimate of drug-likeness (QED) is 0.261. The molecule has 2 aromatic carbocycles. The molecule has 1 atom stereocenters. The number of hydrogen-bond acceptors (Lipinski definition) is 8. The molecule has 0 unspecified atom stereocenters. The molecule has 1 amide bonds. The Morgan fingerprint density at radius 1 is 1.07 bits per heavy atom. The fourth-order valence-electron chi connectivity index (χ4n) is 6.20. The Kier molecular flexibility index (Phi) is 9.89. The van der Waals surface area contributed by atoms with Gasteiger partial charge < -0.3 is 19.9 Å². The third kappa shape index (κ3) is 7.24. The van der Waals surface area contributed by atoms with E-state index in [4.69, 9.17) is 4.74 Å². The highest BCUT2D eigenvalue weighted by Crippen LogP contribution is 2.29. The van der Waals surface area contributed by atoms with Crippen molar-refractivity contribution in [3.63, 3.8) is 0 Å². The Labute approximate surface area is 260 Å². The summed E-state index contributed by atoms with van der Waals surface area (Å²) >= 11 is 0. The lowest BCUT2D eigenvalue weighted by Gasteiger charge is -2.42. The first-order valence-corrected chi connectivity index (χ1v) is 15.4. The van der Waals surface area contributed by atoms with Gasteiger partial charge in [-0.15, -0.1) is 10.2 Å². The SMILES string of the molecule is COc1ccc(N(Cc2cnccc2C)C2CCN([C@H](C)CCNC(=O)c3c(C)cc(-c4nnn(C)n4)cc3C)CC2)cc1. The van der Waals surface area contributed by atoms with E-state index in [-0.39, 0.29) is 5.91 Å². The van der Waals surface area contributed by atoms with Crippen LogP contribution in [0.5, 0.6) is 5.75 Å². The van der Waals surface area contributed by atoms with Crippen molar-refractivity contribution in [2.45, 2.75) is 65.6 Å². The summed E-state index contributed by atoms with van der Waals surface area (Å²) in [5, 5.41) is 15.5. The van der Waals surface area contributed by atoms with Crippen LogP contribution in [0, 0.1) is 20.8 Å². The van der Waals surface area contributed by atoms with Crippen LogP contribution in [-0.2, 0) is 13.6 Å². The zero-order valence-corrected chi connectivity index (χ0v) is 26.7. The number of methoxy groups -OCH3 is 1. The van der Waals surface area contributed by atoms with Crippen LogP contribution in [0.25, 0.3) is 11.4 Å². The number of piperidine rings is 1. The molecule has 10 heteroatoms. The number of aryl methyl sites for hydroxylation is 4. The number of aromatic nitrogens is 5. The molecule has 1 aliphatic heterocycles. The van der Waals surface area contributed by atoms with E-state index >= 15 is 0 Å². The average molecular weight is 597 g/mol. The van der Waals surface area contributed by atoms with E-state index in [2.05, 4.69) is 67.6 Å². The van der Waals surface area contributed by atoms with Gasteiger partial charge in [-0.3, -0.25) is 9.78 Å². The van der Waals surface area contributed by atoms with Crippen molar-refractivity contribution in [3.8, 4) is 17.1 Å². The summed E-state index contributed by atoms with van der Waals surface area (Å²) in [6.07, 6.45) is 6.90. The van der Waals surface area contributed by atoms with Crippen LogP contribution in [0.2, 0.25) is 0 Å². The minimum atomic E-state index is -0.0367. The van der Waals surface area contributed by atoms with E-state index in [1.807, 2.05) is 50.5 Å². The van der Waals surface area contributed by atoms with Gasteiger partial charge >= 0.3 is 0 Å². The number of benzene rings is 2. The molecule has 10 nitrogen and oxygen atoms in total. The lowest BCUT2D eigenvalue weighted by molar-refractivity contribution is 0.0944. The van der Waals surface area contributed by atoms with Crippen LogP contribution < -0.4 is 15.0 Å². The maximum Gasteiger partial charge on any atom is 0.251 e. The predicted octanol–water partition coefficient (Wildman–Crippen LogP) is 4.89. The van der Waals surface area contributed by atoms with E-state index in [1.54, 1.807) is 14.2 Å². The highest BCUT2D eigenvalue weighted by Gasteiger charge is 2.28. The van der Waals surface area contributed by atoms with Crippen molar-refractivity contribution in [1.82, 2.24) is 35.4 Å². The monoisotopic (exact) mass is 596 g/mol. The third-order valence-corrected chi connectivity index (χ3v) is 8.83. The molecular weight excluding hydrogens is 552 g/mol. The maximum absolute atomic E-state index is 13.2. The van der Waals surface area contributed by atoms with Crippen molar-refractivity contribution in [2.75, 3.05) is 31.6 Å². The van der Waals surface area contributed by atoms with E-state index in [9.17, 15) is 4.79 Å². The maximum atomic E-state index is 13.2. The second-order valence-corrected chi connectivity index (χ2v) is 11.9. The van der Waals surface area contributed by atoms with E-state index < -0.39 is 0 Å². The van der Waals surface area contributed by atoms with Crippen LogP contribution >= 0.6 is 0 Å². The number of nitrogens with zero attached hydrogens (tertiary/aromatic N) is 7. The standard InChI is InChI=1S/C34H44N8O2/c1-23-11-15-35-21-28(23)22-42(29-7-9-31(44-6)10-8-29)30-13-17-41(18-14-30)26(4)12-16-36-34(43)32-24(2)19-27(20-25(32)3)33-37-39-40(5)38-33/h7-11,15,19-21,26,30H,12-14,16-18,22H2,1-6H3,(H,36,43)/t26-/m1/s1. The molecule has 44 heavy (non-hydrogen) atoms. The zero-order chi connectivity index (χ0) is 31.2. The van der Waals surface area contributed by atoms with Gasteiger partial charge in [-0.1, -0.05) is 0 Å². The van der Waals surface area contributed by atoms with Crippen LogP contribution in [-0.4, -0.2) is 74.8 Å². The molecule has 0 saturated carbocycles.